The van der Waals surface area contributed by atoms with Crippen LogP contribution in [0.2, 0.25) is 5.02 Å². The zero-order valence-corrected chi connectivity index (χ0v) is 9.41. The second-order valence-electron chi connectivity index (χ2n) is 3.26. The molecule has 82 valence electrons. The van der Waals surface area contributed by atoms with Gasteiger partial charge in [0.05, 0.1) is 23.0 Å². The van der Waals surface area contributed by atoms with Gasteiger partial charge in [-0.25, -0.2) is 0 Å². The summed E-state index contributed by atoms with van der Waals surface area (Å²) < 4.78 is 5.14. The van der Waals surface area contributed by atoms with Crippen LogP contribution in [0.25, 0.3) is 0 Å². The largest absolute Gasteiger partial charge is 0.369 e. The molecule has 0 aromatic carbocycles. The van der Waals surface area contributed by atoms with Crippen LogP contribution in [0.4, 0.5) is 5.69 Å². The first-order valence-electron chi connectivity index (χ1n) is 4.60. The van der Waals surface area contributed by atoms with Gasteiger partial charge in [0, 0.05) is 6.20 Å². The molecule has 0 saturated carbocycles. The molecule has 0 aliphatic carbocycles. The molecule has 0 spiro atoms. The standard InChI is InChI=1S/C10H13ClN2O2/c1-7(2)15-6-10(14)13-9-5-12-4-3-8(9)11/h3-5,7H,6H2,1-2H3,(H,13,14). The summed E-state index contributed by atoms with van der Waals surface area (Å²) >= 11 is 5.84. The highest BCUT2D eigenvalue weighted by atomic mass is 35.5. The van der Waals surface area contributed by atoms with Crippen molar-refractivity contribution >= 4 is 23.2 Å². The summed E-state index contributed by atoms with van der Waals surface area (Å²) in [4.78, 5) is 15.2. The number of rotatable bonds is 4. The summed E-state index contributed by atoms with van der Waals surface area (Å²) in [6, 6.07) is 1.61. The maximum atomic E-state index is 11.3. The lowest BCUT2D eigenvalue weighted by molar-refractivity contribution is -0.121. The van der Waals surface area contributed by atoms with Gasteiger partial charge in [-0.05, 0) is 19.9 Å². The maximum absolute atomic E-state index is 11.3. The van der Waals surface area contributed by atoms with Crippen LogP contribution in [0.1, 0.15) is 13.8 Å². The van der Waals surface area contributed by atoms with E-state index in [1.165, 1.54) is 6.20 Å². The Labute approximate surface area is 93.6 Å². The average molecular weight is 229 g/mol. The Kier molecular flexibility index (Phi) is 4.52. The molecule has 15 heavy (non-hydrogen) atoms. The predicted molar refractivity (Wildman–Crippen MR) is 59.0 cm³/mol. The third-order valence-corrected chi connectivity index (χ3v) is 1.92. The van der Waals surface area contributed by atoms with Gasteiger partial charge in [0.25, 0.3) is 0 Å². The molecule has 1 N–H and O–H groups in total. The fourth-order valence-corrected chi connectivity index (χ4v) is 1.05. The first kappa shape index (κ1) is 11.9. The molecule has 1 heterocycles. The second kappa shape index (κ2) is 5.68. The topological polar surface area (TPSA) is 51.2 Å². The molecule has 4 nitrogen and oxygen atoms in total. The Bertz CT molecular complexity index is 342. The maximum Gasteiger partial charge on any atom is 0.250 e. The molecule has 1 aromatic heterocycles. The summed E-state index contributed by atoms with van der Waals surface area (Å²) in [5.41, 5.74) is 0.497. The van der Waals surface area contributed by atoms with E-state index < -0.39 is 0 Å². The van der Waals surface area contributed by atoms with Crippen LogP contribution in [0, 0.1) is 0 Å². The number of anilines is 1. The van der Waals surface area contributed by atoms with Gasteiger partial charge in [-0.3, -0.25) is 9.78 Å². The van der Waals surface area contributed by atoms with Crippen molar-refractivity contribution in [3.8, 4) is 0 Å². The van der Waals surface area contributed by atoms with Crippen molar-refractivity contribution in [1.29, 1.82) is 0 Å². The highest BCUT2D eigenvalue weighted by Crippen LogP contribution is 2.18. The highest BCUT2D eigenvalue weighted by molar-refractivity contribution is 6.33. The van der Waals surface area contributed by atoms with Gasteiger partial charge in [-0.2, -0.15) is 0 Å². The van der Waals surface area contributed by atoms with E-state index in [2.05, 4.69) is 10.3 Å². The second-order valence-corrected chi connectivity index (χ2v) is 3.67. The van der Waals surface area contributed by atoms with Crippen LogP contribution in [-0.4, -0.2) is 23.6 Å². The van der Waals surface area contributed by atoms with Gasteiger partial charge in [-0.1, -0.05) is 11.6 Å². The van der Waals surface area contributed by atoms with Gasteiger partial charge in [-0.15, -0.1) is 0 Å². The number of carbonyl (C=O) groups is 1. The van der Waals surface area contributed by atoms with E-state index in [0.717, 1.165) is 0 Å². The number of aromatic nitrogens is 1. The Morgan fingerprint density at radius 2 is 2.40 bits per heavy atom. The Balaban J connectivity index is 2.48. The smallest absolute Gasteiger partial charge is 0.250 e. The zero-order chi connectivity index (χ0) is 11.3. The number of ether oxygens (including phenoxy) is 1. The fourth-order valence-electron chi connectivity index (χ4n) is 0.898. The van der Waals surface area contributed by atoms with Crippen LogP contribution in [0.3, 0.4) is 0 Å². The molecular weight excluding hydrogens is 216 g/mol. The number of carbonyl (C=O) groups excluding carboxylic acids is 1. The van der Waals surface area contributed by atoms with E-state index in [1.807, 2.05) is 13.8 Å². The molecule has 0 unspecified atom stereocenters. The molecule has 0 aliphatic heterocycles. The van der Waals surface area contributed by atoms with Gasteiger partial charge < -0.3 is 10.1 Å². The van der Waals surface area contributed by atoms with E-state index in [-0.39, 0.29) is 18.6 Å². The quantitative estimate of drug-likeness (QED) is 0.859. The fraction of sp³-hybridized carbons (Fsp3) is 0.400. The van der Waals surface area contributed by atoms with Crippen molar-refractivity contribution in [2.45, 2.75) is 20.0 Å². The molecular formula is C10H13ClN2O2. The molecule has 1 rings (SSSR count). The molecule has 0 fully saturated rings. The first-order chi connectivity index (χ1) is 7.09. The minimum atomic E-state index is -0.237. The zero-order valence-electron chi connectivity index (χ0n) is 8.66. The molecule has 0 atom stereocenters. The average Bonchev–Trinajstić information content (AvgIpc) is 2.18. The van der Waals surface area contributed by atoms with E-state index in [9.17, 15) is 4.79 Å². The Morgan fingerprint density at radius 1 is 1.67 bits per heavy atom. The molecule has 0 radical (unpaired) electrons. The van der Waals surface area contributed by atoms with Gasteiger partial charge in [0.15, 0.2) is 0 Å². The third-order valence-electron chi connectivity index (χ3n) is 1.59. The number of nitrogens with zero attached hydrogens (tertiary/aromatic N) is 1. The molecule has 0 aliphatic rings. The highest BCUT2D eigenvalue weighted by Gasteiger charge is 2.06. The monoisotopic (exact) mass is 228 g/mol. The predicted octanol–water partition coefficient (Wildman–Crippen LogP) is 2.10. The summed E-state index contributed by atoms with van der Waals surface area (Å²) in [5, 5.41) is 3.07. The van der Waals surface area contributed by atoms with Crippen LogP contribution in [0.15, 0.2) is 18.5 Å². The van der Waals surface area contributed by atoms with Gasteiger partial charge in [0.1, 0.15) is 6.61 Å². The molecule has 1 amide bonds. The van der Waals surface area contributed by atoms with E-state index in [0.29, 0.717) is 10.7 Å². The lowest BCUT2D eigenvalue weighted by Crippen LogP contribution is -2.20. The number of hydrogen-bond donors (Lipinski definition) is 1. The number of nitrogens with one attached hydrogen (secondary N) is 1. The van der Waals surface area contributed by atoms with Gasteiger partial charge in [0.2, 0.25) is 5.91 Å². The number of pyridine rings is 1. The number of amides is 1. The Hall–Kier alpha value is -1.13. The molecule has 0 saturated heterocycles. The number of hydrogen-bond acceptors (Lipinski definition) is 3. The normalized spacial score (nSPS) is 10.4. The van der Waals surface area contributed by atoms with Crippen molar-refractivity contribution < 1.29 is 9.53 Å². The summed E-state index contributed by atoms with van der Waals surface area (Å²) in [5.74, 6) is -0.237. The van der Waals surface area contributed by atoms with Crippen LogP contribution < -0.4 is 5.32 Å². The summed E-state index contributed by atoms with van der Waals surface area (Å²) in [7, 11) is 0. The van der Waals surface area contributed by atoms with Crippen LogP contribution in [-0.2, 0) is 9.53 Å². The van der Waals surface area contributed by atoms with Crippen LogP contribution in [0.5, 0.6) is 0 Å². The molecule has 5 heteroatoms. The summed E-state index contributed by atoms with van der Waals surface area (Å²) in [6.07, 6.45) is 3.08. The van der Waals surface area contributed by atoms with Crippen LogP contribution >= 0.6 is 11.6 Å². The van der Waals surface area contributed by atoms with E-state index >= 15 is 0 Å². The molecule has 1 aromatic rings. The SMILES string of the molecule is CC(C)OCC(=O)Nc1cnccc1Cl. The summed E-state index contributed by atoms with van der Waals surface area (Å²) in [6.45, 7) is 3.75. The minimum Gasteiger partial charge on any atom is -0.369 e. The minimum absolute atomic E-state index is 0.0168. The van der Waals surface area contributed by atoms with Crippen molar-refractivity contribution in [3.05, 3.63) is 23.5 Å². The van der Waals surface area contributed by atoms with Crippen molar-refractivity contribution in [3.63, 3.8) is 0 Å². The van der Waals surface area contributed by atoms with Crippen molar-refractivity contribution in [2.24, 2.45) is 0 Å². The van der Waals surface area contributed by atoms with E-state index in [1.54, 1.807) is 12.3 Å². The lowest BCUT2D eigenvalue weighted by atomic mass is 10.4. The molecule has 0 bridgehead atoms. The lowest BCUT2D eigenvalue weighted by Gasteiger charge is -2.08. The Morgan fingerprint density at radius 3 is 3.00 bits per heavy atom. The van der Waals surface area contributed by atoms with Gasteiger partial charge >= 0.3 is 0 Å². The number of halogens is 1. The van der Waals surface area contributed by atoms with Crippen molar-refractivity contribution in [2.75, 3.05) is 11.9 Å². The first-order valence-corrected chi connectivity index (χ1v) is 4.98. The van der Waals surface area contributed by atoms with E-state index in [4.69, 9.17) is 16.3 Å². The third kappa shape index (κ3) is 4.27. The van der Waals surface area contributed by atoms with Crippen molar-refractivity contribution in [1.82, 2.24) is 4.98 Å².